The summed E-state index contributed by atoms with van der Waals surface area (Å²) in [6.45, 7) is 0. The monoisotopic (exact) mass is 384 g/mol. The Hall–Kier alpha value is -2.84. The molecule has 0 amide bonds. The fraction of sp³-hybridized carbons (Fsp3) is 0.0556. The molecule has 0 saturated carbocycles. The lowest BCUT2D eigenvalue weighted by Gasteiger charge is -2.03. The summed E-state index contributed by atoms with van der Waals surface area (Å²) in [7, 11) is 0. The van der Waals surface area contributed by atoms with Crippen LogP contribution in [0.25, 0.3) is 21.5 Å². The van der Waals surface area contributed by atoms with Crippen LogP contribution in [0, 0.1) is 0 Å². The van der Waals surface area contributed by atoms with Crippen LogP contribution in [0.4, 0.5) is 0 Å². The van der Waals surface area contributed by atoms with E-state index >= 15 is 0 Å². The van der Waals surface area contributed by atoms with Crippen molar-refractivity contribution in [2.75, 3.05) is 0 Å². The molecule has 0 unspecified atom stereocenters. The third-order valence-electron chi connectivity index (χ3n) is 3.76. The van der Waals surface area contributed by atoms with Gasteiger partial charge < -0.3 is 14.5 Å². The van der Waals surface area contributed by atoms with Gasteiger partial charge in [-0.15, -0.1) is 11.3 Å². The number of aromatic carboxylic acids is 1. The molecule has 4 aromatic rings. The zero-order chi connectivity index (χ0) is 18.1. The molecule has 4 rings (SSSR count). The van der Waals surface area contributed by atoms with Crippen LogP contribution in [0.1, 0.15) is 15.9 Å². The first kappa shape index (κ1) is 16.6. The van der Waals surface area contributed by atoms with Gasteiger partial charge in [0.25, 0.3) is 5.56 Å². The van der Waals surface area contributed by atoms with Crippen molar-refractivity contribution in [3.8, 4) is 11.3 Å². The average Bonchev–Trinajstić information content (AvgIpc) is 3.29. The van der Waals surface area contributed by atoms with Crippen LogP contribution in [0.2, 0.25) is 0 Å². The topological polar surface area (TPSA) is 96.2 Å². The highest BCUT2D eigenvalue weighted by atomic mass is 32.2. The maximum absolute atomic E-state index is 12.5. The number of nitrogens with one attached hydrogen (secondary N) is 1. The van der Waals surface area contributed by atoms with Crippen LogP contribution < -0.4 is 5.56 Å². The van der Waals surface area contributed by atoms with E-state index in [0.29, 0.717) is 26.9 Å². The number of furan rings is 1. The number of H-pyrrole nitrogens is 1. The lowest BCUT2D eigenvalue weighted by molar-refractivity contribution is 0.0697. The van der Waals surface area contributed by atoms with Crippen LogP contribution >= 0.6 is 23.1 Å². The van der Waals surface area contributed by atoms with E-state index in [1.54, 1.807) is 36.6 Å². The minimum absolute atomic E-state index is 0.218. The van der Waals surface area contributed by atoms with Crippen LogP contribution in [0.3, 0.4) is 0 Å². The van der Waals surface area contributed by atoms with Gasteiger partial charge in [0.05, 0.1) is 17.2 Å². The van der Waals surface area contributed by atoms with E-state index in [2.05, 4.69) is 9.97 Å². The van der Waals surface area contributed by atoms with Crippen LogP contribution in [-0.2, 0) is 5.75 Å². The molecule has 0 spiro atoms. The summed E-state index contributed by atoms with van der Waals surface area (Å²) in [5, 5.41) is 11.9. The van der Waals surface area contributed by atoms with Gasteiger partial charge in [-0.2, -0.15) is 0 Å². The highest BCUT2D eigenvalue weighted by Crippen LogP contribution is 2.32. The Kier molecular flexibility index (Phi) is 4.36. The number of carboxylic acids is 1. The standard InChI is InChI=1S/C18H12N2O4S2/c21-15-14-12(13-5-2-6-24-13)9-25-16(14)20-18(19-15)26-8-10-3-1-4-11(7-10)17(22)23/h1-7,9H,8H2,(H,22,23)(H,19,20,21). The van der Waals surface area contributed by atoms with Gasteiger partial charge in [-0.3, -0.25) is 4.79 Å². The molecular weight excluding hydrogens is 372 g/mol. The summed E-state index contributed by atoms with van der Waals surface area (Å²) in [6.07, 6.45) is 1.57. The molecular formula is C18H12N2O4S2. The number of rotatable bonds is 5. The van der Waals surface area contributed by atoms with Crippen molar-refractivity contribution < 1.29 is 14.3 Å². The molecule has 0 radical (unpaired) electrons. The second kappa shape index (κ2) is 6.81. The van der Waals surface area contributed by atoms with Crippen molar-refractivity contribution in [1.82, 2.24) is 9.97 Å². The number of carbonyl (C=O) groups is 1. The fourth-order valence-corrected chi connectivity index (χ4v) is 4.35. The molecule has 26 heavy (non-hydrogen) atoms. The van der Waals surface area contributed by atoms with E-state index in [0.717, 1.165) is 11.1 Å². The van der Waals surface area contributed by atoms with Crippen LogP contribution in [0.15, 0.2) is 62.4 Å². The minimum Gasteiger partial charge on any atom is -0.478 e. The van der Waals surface area contributed by atoms with Crippen molar-refractivity contribution in [1.29, 1.82) is 0 Å². The summed E-state index contributed by atoms with van der Waals surface area (Å²) < 4.78 is 5.38. The summed E-state index contributed by atoms with van der Waals surface area (Å²) in [5.74, 6) is 0.176. The maximum atomic E-state index is 12.5. The second-order valence-corrected chi connectivity index (χ2v) is 7.29. The number of benzene rings is 1. The first-order chi connectivity index (χ1) is 12.6. The summed E-state index contributed by atoms with van der Waals surface area (Å²) in [6, 6.07) is 10.3. The molecule has 2 N–H and O–H groups in total. The van der Waals surface area contributed by atoms with Gasteiger partial charge in [-0.25, -0.2) is 9.78 Å². The Labute approximate surface area is 155 Å². The first-order valence-corrected chi connectivity index (χ1v) is 9.49. The zero-order valence-corrected chi connectivity index (χ0v) is 14.9. The van der Waals surface area contributed by atoms with Gasteiger partial charge in [0.2, 0.25) is 0 Å². The highest BCUT2D eigenvalue weighted by molar-refractivity contribution is 7.98. The van der Waals surface area contributed by atoms with Gasteiger partial charge in [-0.1, -0.05) is 23.9 Å². The van der Waals surface area contributed by atoms with E-state index < -0.39 is 5.97 Å². The Morgan fingerprint density at radius 1 is 1.31 bits per heavy atom. The number of fused-ring (bicyclic) bond motifs is 1. The number of hydrogen-bond donors (Lipinski definition) is 2. The number of nitrogens with zero attached hydrogens (tertiary/aromatic N) is 1. The number of aromatic nitrogens is 2. The molecule has 0 atom stereocenters. The lowest BCUT2D eigenvalue weighted by atomic mass is 10.1. The zero-order valence-electron chi connectivity index (χ0n) is 13.3. The average molecular weight is 384 g/mol. The predicted octanol–water partition coefficient (Wildman–Crippen LogP) is 4.24. The lowest BCUT2D eigenvalue weighted by Crippen LogP contribution is -2.08. The summed E-state index contributed by atoms with van der Waals surface area (Å²) >= 11 is 2.74. The van der Waals surface area contributed by atoms with E-state index in [1.807, 2.05) is 11.4 Å². The van der Waals surface area contributed by atoms with Crippen molar-refractivity contribution >= 4 is 39.3 Å². The van der Waals surface area contributed by atoms with E-state index in [-0.39, 0.29) is 11.1 Å². The number of hydrogen-bond acceptors (Lipinski definition) is 6. The first-order valence-electron chi connectivity index (χ1n) is 7.62. The fourth-order valence-electron chi connectivity index (χ4n) is 2.56. The summed E-state index contributed by atoms with van der Waals surface area (Å²) in [5.41, 5.74) is 1.60. The number of thiophene rings is 1. The molecule has 6 nitrogen and oxygen atoms in total. The van der Waals surface area contributed by atoms with Gasteiger partial charge >= 0.3 is 5.97 Å². The van der Waals surface area contributed by atoms with Crippen molar-refractivity contribution in [3.63, 3.8) is 0 Å². The Morgan fingerprint density at radius 3 is 2.96 bits per heavy atom. The Morgan fingerprint density at radius 2 is 2.19 bits per heavy atom. The molecule has 3 aromatic heterocycles. The predicted molar refractivity (Wildman–Crippen MR) is 101 cm³/mol. The molecule has 1 aromatic carbocycles. The van der Waals surface area contributed by atoms with Gasteiger partial charge in [0, 0.05) is 16.7 Å². The quantitative estimate of drug-likeness (QED) is 0.395. The Bertz CT molecular complexity index is 1150. The molecule has 0 aliphatic rings. The summed E-state index contributed by atoms with van der Waals surface area (Å²) in [4.78, 5) is 31.5. The normalized spacial score (nSPS) is 11.1. The largest absolute Gasteiger partial charge is 0.478 e. The highest BCUT2D eigenvalue weighted by Gasteiger charge is 2.15. The van der Waals surface area contributed by atoms with E-state index in [4.69, 9.17) is 9.52 Å². The van der Waals surface area contributed by atoms with E-state index in [9.17, 15) is 9.59 Å². The Balaban J connectivity index is 1.61. The van der Waals surface area contributed by atoms with Crippen molar-refractivity contribution in [3.05, 3.63) is 69.5 Å². The molecule has 0 aliphatic heterocycles. The van der Waals surface area contributed by atoms with E-state index in [1.165, 1.54) is 23.1 Å². The van der Waals surface area contributed by atoms with Gasteiger partial charge in [-0.05, 0) is 29.8 Å². The molecule has 8 heteroatoms. The third-order valence-corrected chi connectivity index (χ3v) is 5.58. The third kappa shape index (κ3) is 3.16. The molecule has 0 bridgehead atoms. The maximum Gasteiger partial charge on any atom is 0.335 e. The molecule has 0 fully saturated rings. The molecule has 3 heterocycles. The van der Waals surface area contributed by atoms with Crippen LogP contribution in [-0.4, -0.2) is 21.0 Å². The minimum atomic E-state index is -0.964. The smallest absolute Gasteiger partial charge is 0.335 e. The molecule has 130 valence electrons. The van der Waals surface area contributed by atoms with Crippen LogP contribution in [0.5, 0.6) is 0 Å². The molecule has 0 aliphatic carbocycles. The van der Waals surface area contributed by atoms with Gasteiger partial charge in [0.1, 0.15) is 10.6 Å². The van der Waals surface area contributed by atoms with Crippen molar-refractivity contribution in [2.24, 2.45) is 0 Å². The van der Waals surface area contributed by atoms with Crippen molar-refractivity contribution in [2.45, 2.75) is 10.9 Å². The number of aromatic amines is 1. The van der Waals surface area contributed by atoms with Gasteiger partial charge in [0.15, 0.2) is 5.16 Å². The molecule has 0 saturated heterocycles. The number of carboxylic acid groups (broad SMARTS) is 1. The SMILES string of the molecule is O=C(O)c1cccc(CSc2nc3scc(-c4ccco4)c3c(=O)[nH]2)c1. The second-order valence-electron chi connectivity index (χ2n) is 5.47. The number of thioether (sulfide) groups is 1.